The third-order valence-corrected chi connectivity index (χ3v) is 4.94. The van der Waals surface area contributed by atoms with E-state index in [1.165, 1.54) is 6.26 Å². The maximum atomic E-state index is 12.9. The number of fused-ring (bicyclic) bond motifs is 1. The van der Waals surface area contributed by atoms with E-state index >= 15 is 0 Å². The molecular formula is C23H23N3O4. The molecule has 0 aliphatic rings. The van der Waals surface area contributed by atoms with Gasteiger partial charge in [0, 0.05) is 24.2 Å². The maximum Gasteiger partial charge on any atom is 0.253 e. The fourth-order valence-corrected chi connectivity index (χ4v) is 3.38. The van der Waals surface area contributed by atoms with Crippen LogP contribution in [0.2, 0.25) is 0 Å². The van der Waals surface area contributed by atoms with Crippen molar-refractivity contribution in [1.29, 1.82) is 0 Å². The number of hydrogen-bond acceptors (Lipinski definition) is 6. The summed E-state index contributed by atoms with van der Waals surface area (Å²) in [5.74, 6) is 1.16. The zero-order valence-corrected chi connectivity index (χ0v) is 17.2. The lowest BCUT2D eigenvalue weighted by molar-refractivity contribution is 0.0764. The van der Waals surface area contributed by atoms with Crippen LogP contribution >= 0.6 is 0 Å². The van der Waals surface area contributed by atoms with Crippen LogP contribution in [0.5, 0.6) is 5.75 Å². The van der Waals surface area contributed by atoms with Crippen LogP contribution in [0.1, 0.15) is 30.6 Å². The van der Waals surface area contributed by atoms with Crippen molar-refractivity contribution in [3.8, 4) is 28.6 Å². The van der Waals surface area contributed by atoms with E-state index in [9.17, 15) is 4.79 Å². The van der Waals surface area contributed by atoms with Crippen LogP contribution < -0.4 is 4.74 Å². The molecule has 154 valence electrons. The molecule has 0 unspecified atom stereocenters. The molecule has 30 heavy (non-hydrogen) atoms. The summed E-state index contributed by atoms with van der Waals surface area (Å²) in [6.45, 7) is 5.42. The SMILES string of the molecule is CCCN(CC)C(=O)c1ccc2onc(-c3coc(-c4cccc(OC)c4)n3)c2c1. The molecule has 0 saturated heterocycles. The van der Waals surface area contributed by atoms with Crippen LogP contribution in [0, 0.1) is 0 Å². The van der Waals surface area contributed by atoms with Gasteiger partial charge in [-0.15, -0.1) is 0 Å². The predicted octanol–water partition coefficient (Wildman–Crippen LogP) is 5.03. The Labute approximate surface area is 174 Å². The van der Waals surface area contributed by atoms with Crippen molar-refractivity contribution >= 4 is 16.9 Å². The van der Waals surface area contributed by atoms with Crippen molar-refractivity contribution in [2.24, 2.45) is 0 Å². The van der Waals surface area contributed by atoms with Crippen molar-refractivity contribution in [1.82, 2.24) is 15.0 Å². The van der Waals surface area contributed by atoms with E-state index < -0.39 is 0 Å². The molecule has 2 heterocycles. The van der Waals surface area contributed by atoms with E-state index in [-0.39, 0.29) is 5.91 Å². The van der Waals surface area contributed by atoms with Crippen LogP contribution in [0.3, 0.4) is 0 Å². The molecule has 0 N–H and O–H groups in total. The molecular weight excluding hydrogens is 382 g/mol. The number of carbonyl (C=O) groups excluding carboxylic acids is 1. The largest absolute Gasteiger partial charge is 0.497 e. The van der Waals surface area contributed by atoms with Crippen molar-refractivity contribution in [3.05, 3.63) is 54.3 Å². The average Bonchev–Trinajstić information content (AvgIpc) is 3.43. The first-order valence-corrected chi connectivity index (χ1v) is 9.93. The summed E-state index contributed by atoms with van der Waals surface area (Å²) < 4.78 is 16.4. The van der Waals surface area contributed by atoms with E-state index in [2.05, 4.69) is 17.1 Å². The molecule has 2 aromatic heterocycles. The van der Waals surface area contributed by atoms with Gasteiger partial charge in [0.05, 0.1) is 12.5 Å². The number of methoxy groups -OCH3 is 1. The van der Waals surface area contributed by atoms with E-state index in [1.54, 1.807) is 19.2 Å². The topological polar surface area (TPSA) is 81.6 Å². The number of ether oxygens (including phenoxy) is 1. The second-order valence-electron chi connectivity index (χ2n) is 6.90. The van der Waals surface area contributed by atoms with Gasteiger partial charge < -0.3 is 18.6 Å². The number of amides is 1. The van der Waals surface area contributed by atoms with Crippen LogP contribution in [0.15, 0.2) is 57.7 Å². The molecule has 0 fully saturated rings. The fraction of sp³-hybridized carbons (Fsp3) is 0.261. The highest BCUT2D eigenvalue weighted by atomic mass is 16.5. The zero-order chi connectivity index (χ0) is 21.1. The van der Waals surface area contributed by atoms with Gasteiger partial charge in [-0.3, -0.25) is 4.79 Å². The monoisotopic (exact) mass is 405 g/mol. The molecule has 0 aliphatic heterocycles. The third-order valence-electron chi connectivity index (χ3n) is 4.94. The van der Waals surface area contributed by atoms with Gasteiger partial charge in [0.25, 0.3) is 5.91 Å². The highest BCUT2D eigenvalue weighted by Crippen LogP contribution is 2.31. The highest BCUT2D eigenvalue weighted by Gasteiger charge is 2.19. The molecule has 0 spiro atoms. The Morgan fingerprint density at radius 3 is 2.80 bits per heavy atom. The Hall–Kier alpha value is -3.61. The summed E-state index contributed by atoms with van der Waals surface area (Å²) in [5, 5.41) is 4.88. The summed E-state index contributed by atoms with van der Waals surface area (Å²) in [5.41, 5.74) is 3.06. The van der Waals surface area contributed by atoms with Gasteiger partial charge in [-0.05, 0) is 49.7 Å². The first-order valence-electron chi connectivity index (χ1n) is 9.93. The van der Waals surface area contributed by atoms with Crippen LogP contribution in [-0.4, -0.2) is 41.1 Å². The number of hydrogen-bond donors (Lipinski definition) is 0. The highest BCUT2D eigenvalue weighted by molar-refractivity contribution is 6.00. The summed E-state index contributed by atoms with van der Waals surface area (Å²) in [6, 6.07) is 12.8. The Bertz CT molecular complexity index is 1180. The average molecular weight is 405 g/mol. The summed E-state index contributed by atoms with van der Waals surface area (Å²) in [4.78, 5) is 19.2. The van der Waals surface area contributed by atoms with Gasteiger partial charge >= 0.3 is 0 Å². The third kappa shape index (κ3) is 3.66. The molecule has 0 atom stereocenters. The van der Waals surface area contributed by atoms with E-state index in [4.69, 9.17) is 13.7 Å². The van der Waals surface area contributed by atoms with Gasteiger partial charge in [-0.25, -0.2) is 4.98 Å². The van der Waals surface area contributed by atoms with E-state index in [0.717, 1.165) is 29.7 Å². The van der Waals surface area contributed by atoms with Gasteiger partial charge in [-0.2, -0.15) is 0 Å². The minimum Gasteiger partial charge on any atom is -0.497 e. The molecule has 0 aliphatic carbocycles. The quantitative estimate of drug-likeness (QED) is 0.429. The Balaban J connectivity index is 1.70. The number of aromatic nitrogens is 2. The normalized spacial score (nSPS) is 11.0. The summed E-state index contributed by atoms with van der Waals surface area (Å²) in [6.07, 6.45) is 2.45. The molecule has 0 bridgehead atoms. The van der Waals surface area contributed by atoms with Gasteiger partial charge in [0.1, 0.15) is 23.4 Å². The number of rotatable bonds is 7. The molecule has 7 heteroatoms. The lowest BCUT2D eigenvalue weighted by Crippen LogP contribution is -2.31. The molecule has 4 rings (SSSR count). The van der Waals surface area contributed by atoms with Crippen molar-refractivity contribution in [2.45, 2.75) is 20.3 Å². The van der Waals surface area contributed by atoms with Gasteiger partial charge in [-0.1, -0.05) is 18.1 Å². The smallest absolute Gasteiger partial charge is 0.253 e. The van der Waals surface area contributed by atoms with Crippen molar-refractivity contribution in [2.75, 3.05) is 20.2 Å². The number of nitrogens with zero attached hydrogens (tertiary/aromatic N) is 3. The second kappa shape index (κ2) is 8.41. The van der Waals surface area contributed by atoms with E-state index in [1.807, 2.05) is 42.2 Å². The standard InChI is InChI=1S/C23H23N3O4/c1-4-11-26(5-2)23(27)16-9-10-20-18(13-16)21(25-30-20)19-14-29-22(24-19)15-7-6-8-17(12-15)28-3/h6-10,12-14H,4-5,11H2,1-3H3. The first kappa shape index (κ1) is 19.7. The van der Waals surface area contributed by atoms with Gasteiger partial charge in [0.2, 0.25) is 5.89 Å². The fourth-order valence-electron chi connectivity index (χ4n) is 3.38. The number of oxazole rings is 1. The molecule has 0 radical (unpaired) electrons. The Morgan fingerprint density at radius 2 is 2.03 bits per heavy atom. The van der Waals surface area contributed by atoms with Gasteiger partial charge in [0.15, 0.2) is 5.58 Å². The zero-order valence-electron chi connectivity index (χ0n) is 17.2. The Morgan fingerprint density at radius 1 is 1.17 bits per heavy atom. The summed E-state index contributed by atoms with van der Waals surface area (Å²) >= 11 is 0. The number of carbonyl (C=O) groups is 1. The first-order chi connectivity index (χ1) is 14.6. The predicted molar refractivity (Wildman–Crippen MR) is 113 cm³/mol. The van der Waals surface area contributed by atoms with Crippen LogP contribution in [0.25, 0.3) is 33.8 Å². The van der Waals surface area contributed by atoms with Crippen molar-refractivity contribution < 1.29 is 18.5 Å². The molecule has 0 saturated carbocycles. The molecule has 2 aromatic carbocycles. The molecule has 1 amide bonds. The second-order valence-corrected chi connectivity index (χ2v) is 6.90. The lowest BCUT2D eigenvalue weighted by atomic mass is 10.1. The number of benzene rings is 2. The Kier molecular flexibility index (Phi) is 5.52. The van der Waals surface area contributed by atoms with E-state index in [0.29, 0.717) is 35.0 Å². The van der Waals surface area contributed by atoms with Crippen LogP contribution in [0.4, 0.5) is 0 Å². The maximum absolute atomic E-state index is 12.9. The lowest BCUT2D eigenvalue weighted by Gasteiger charge is -2.20. The molecule has 7 nitrogen and oxygen atoms in total. The molecule has 4 aromatic rings. The minimum atomic E-state index is -0.00868. The minimum absolute atomic E-state index is 0.00868. The summed E-state index contributed by atoms with van der Waals surface area (Å²) in [7, 11) is 1.61. The van der Waals surface area contributed by atoms with Crippen molar-refractivity contribution in [3.63, 3.8) is 0 Å². The van der Waals surface area contributed by atoms with Crippen LogP contribution in [-0.2, 0) is 0 Å².